The van der Waals surface area contributed by atoms with E-state index in [9.17, 15) is 5.11 Å². The lowest BCUT2D eigenvalue weighted by Gasteiger charge is -2.50. The molecule has 0 radical (unpaired) electrons. The van der Waals surface area contributed by atoms with Crippen LogP contribution in [0.3, 0.4) is 0 Å². The van der Waals surface area contributed by atoms with Crippen LogP contribution in [0.2, 0.25) is 0 Å². The smallest absolute Gasteiger partial charge is 0.231 e. The van der Waals surface area contributed by atoms with Crippen LogP contribution in [0.5, 0.6) is 17.2 Å². The van der Waals surface area contributed by atoms with Crippen molar-refractivity contribution in [1.29, 1.82) is 0 Å². The molecule has 7 heteroatoms. The number of likely N-dealkylation sites (tertiary alicyclic amines) is 1. The highest BCUT2D eigenvalue weighted by Crippen LogP contribution is 2.50. The second-order valence-electron chi connectivity index (χ2n) is 10.1. The standard InChI is InChI=1S/C27H33N3O4/c1-28-10-8-27(9-11-28)16-30(14-18-4-7-23-24(12-18)34-17-33-23)22(15-31)26-25(27)20-6-5-19(32-3)13-21(20)29(26)2/h4-7,12-13,22,31H,8-11,14-17H2,1-3H3/t22-/m0/s1. The molecule has 1 spiro atoms. The molecule has 0 amide bonds. The summed E-state index contributed by atoms with van der Waals surface area (Å²) in [6.07, 6.45) is 2.22. The number of nitrogens with zero attached hydrogens (tertiary/aromatic N) is 3. The monoisotopic (exact) mass is 463 g/mol. The predicted molar refractivity (Wildman–Crippen MR) is 131 cm³/mol. The number of hydrogen-bond donors (Lipinski definition) is 1. The molecule has 2 aromatic carbocycles. The minimum atomic E-state index is -0.0749. The summed E-state index contributed by atoms with van der Waals surface area (Å²) >= 11 is 0. The first-order valence-electron chi connectivity index (χ1n) is 12.1. The first-order valence-corrected chi connectivity index (χ1v) is 12.1. The molecule has 7 nitrogen and oxygen atoms in total. The summed E-state index contributed by atoms with van der Waals surface area (Å²) in [5.74, 6) is 2.47. The van der Waals surface area contributed by atoms with Gasteiger partial charge in [-0.15, -0.1) is 0 Å². The van der Waals surface area contributed by atoms with E-state index in [0.717, 1.165) is 56.3 Å². The molecule has 34 heavy (non-hydrogen) atoms. The predicted octanol–water partition coefficient (Wildman–Crippen LogP) is 3.43. The lowest BCUT2D eigenvalue weighted by Crippen LogP contribution is -2.53. The van der Waals surface area contributed by atoms with Crippen molar-refractivity contribution in [3.05, 3.63) is 53.2 Å². The molecule has 1 fully saturated rings. The Labute approximate surface area is 200 Å². The number of aliphatic hydroxyl groups excluding tert-OH is 1. The van der Waals surface area contributed by atoms with Crippen LogP contribution in [0, 0.1) is 0 Å². The Morgan fingerprint density at radius 2 is 1.85 bits per heavy atom. The minimum absolute atomic E-state index is 0.0535. The normalized spacial score (nSPS) is 21.8. The van der Waals surface area contributed by atoms with Gasteiger partial charge in [-0.05, 0) is 68.4 Å². The maximum absolute atomic E-state index is 10.7. The van der Waals surface area contributed by atoms with Crippen LogP contribution < -0.4 is 14.2 Å². The first-order chi connectivity index (χ1) is 16.5. The van der Waals surface area contributed by atoms with Crippen LogP contribution >= 0.6 is 0 Å². The number of rotatable bonds is 4. The molecule has 0 unspecified atom stereocenters. The molecule has 180 valence electrons. The Morgan fingerprint density at radius 3 is 2.62 bits per heavy atom. The van der Waals surface area contributed by atoms with Gasteiger partial charge in [0.2, 0.25) is 6.79 Å². The number of methoxy groups -OCH3 is 1. The van der Waals surface area contributed by atoms with Gasteiger partial charge in [0, 0.05) is 42.7 Å². The Kier molecular flexibility index (Phi) is 5.24. The van der Waals surface area contributed by atoms with E-state index in [1.165, 1.54) is 27.7 Å². The van der Waals surface area contributed by atoms with Gasteiger partial charge in [0.25, 0.3) is 0 Å². The van der Waals surface area contributed by atoms with Gasteiger partial charge in [0.15, 0.2) is 11.5 Å². The van der Waals surface area contributed by atoms with E-state index in [2.05, 4.69) is 58.8 Å². The van der Waals surface area contributed by atoms with Crippen molar-refractivity contribution in [1.82, 2.24) is 14.4 Å². The number of aryl methyl sites for hydroxylation is 1. The van der Waals surface area contributed by atoms with Crippen LogP contribution in [0.1, 0.15) is 35.7 Å². The van der Waals surface area contributed by atoms with Crippen LogP contribution in [0.4, 0.5) is 0 Å². The Morgan fingerprint density at radius 1 is 1.06 bits per heavy atom. The molecule has 1 N–H and O–H groups in total. The summed E-state index contributed by atoms with van der Waals surface area (Å²) < 4.78 is 19.0. The van der Waals surface area contributed by atoms with E-state index in [1.54, 1.807) is 7.11 Å². The molecule has 4 heterocycles. The number of ether oxygens (including phenoxy) is 3. The molecule has 1 atom stereocenters. The summed E-state index contributed by atoms with van der Waals surface area (Å²) in [5, 5.41) is 12.0. The maximum Gasteiger partial charge on any atom is 0.231 e. The molecule has 3 aliphatic heterocycles. The Bertz CT molecular complexity index is 1230. The summed E-state index contributed by atoms with van der Waals surface area (Å²) in [6, 6.07) is 12.5. The van der Waals surface area contributed by atoms with Gasteiger partial charge in [-0.2, -0.15) is 0 Å². The average Bonchev–Trinajstić information content (AvgIpc) is 3.44. The third-order valence-corrected chi connectivity index (χ3v) is 8.19. The Hall–Kier alpha value is -2.74. The van der Waals surface area contributed by atoms with E-state index in [1.807, 2.05) is 6.07 Å². The zero-order valence-electron chi connectivity index (χ0n) is 20.2. The van der Waals surface area contributed by atoms with Crippen molar-refractivity contribution in [2.24, 2.45) is 7.05 Å². The number of benzene rings is 2. The molecule has 6 rings (SSSR count). The van der Waals surface area contributed by atoms with Gasteiger partial charge in [-0.3, -0.25) is 4.90 Å². The fourth-order valence-corrected chi connectivity index (χ4v) is 6.36. The quantitative estimate of drug-likeness (QED) is 0.640. The lowest BCUT2D eigenvalue weighted by atomic mass is 9.68. The van der Waals surface area contributed by atoms with Crippen molar-refractivity contribution in [3.8, 4) is 17.2 Å². The molecule has 1 saturated heterocycles. The van der Waals surface area contributed by atoms with Crippen molar-refractivity contribution in [3.63, 3.8) is 0 Å². The molecule has 3 aliphatic rings. The largest absolute Gasteiger partial charge is 0.497 e. The lowest BCUT2D eigenvalue weighted by molar-refractivity contribution is 0.0456. The molecular weight excluding hydrogens is 430 g/mol. The van der Waals surface area contributed by atoms with E-state index in [0.29, 0.717) is 0 Å². The zero-order chi connectivity index (χ0) is 23.4. The second kappa shape index (κ2) is 8.18. The number of hydrogen-bond acceptors (Lipinski definition) is 6. The second-order valence-corrected chi connectivity index (χ2v) is 10.1. The highest BCUT2D eigenvalue weighted by atomic mass is 16.7. The summed E-state index contributed by atoms with van der Waals surface area (Å²) in [4.78, 5) is 4.90. The highest BCUT2D eigenvalue weighted by molar-refractivity contribution is 5.88. The van der Waals surface area contributed by atoms with Gasteiger partial charge in [0.05, 0.1) is 25.3 Å². The third-order valence-electron chi connectivity index (χ3n) is 8.19. The Balaban J connectivity index is 1.48. The van der Waals surface area contributed by atoms with E-state index >= 15 is 0 Å². The number of piperidine rings is 1. The van der Waals surface area contributed by atoms with Gasteiger partial charge < -0.3 is 28.8 Å². The van der Waals surface area contributed by atoms with E-state index in [4.69, 9.17) is 14.2 Å². The molecule has 0 aliphatic carbocycles. The van der Waals surface area contributed by atoms with E-state index < -0.39 is 0 Å². The van der Waals surface area contributed by atoms with Crippen LogP contribution in [0.25, 0.3) is 10.9 Å². The number of aliphatic hydroxyl groups is 1. The summed E-state index contributed by atoms with van der Waals surface area (Å²) in [5.41, 5.74) is 5.07. The molecule has 0 bridgehead atoms. The third kappa shape index (κ3) is 3.29. The average molecular weight is 464 g/mol. The number of aromatic nitrogens is 1. The fourth-order valence-electron chi connectivity index (χ4n) is 6.36. The van der Waals surface area contributed by atoms with Crippen LogP contribution in [-0.2, 0) is 19.0 Å². The first kappa shape index (κ1) is 21.8. The topological polar surface area (TPSA) is 59.3 Å². The van der Waals surface area contributed by atoms with Crippen LogP contribution in [-0.4, -0.2) is 66.7 Å². The van der Waals surface area contributed by atoms with Crippen molar-refractivity contribution < 1.29 is 19.3 Å². The zero-order valence-corrected chi connectivity index (χ0v) is 20.2. The van der Waals surface area contributed by atoms with Crippen molar-refractivity contribution >= 4 is 10.9 Å². The highest BCUT2D eigenvalue weighted by Gasteiger charge is 2.47. The maximum atomic E-state index is 10.7. The molecule has 0 saturated carbocycles. The molecule has 3 aromatic rings. The molecule has 1 aromatic heterocycles. The minimum Gasteiger partial charge on any atom is -0.497 e. The van der Waals surface area contributed by atoms with E-state index in [-0.39, 0.29) is 24.9 Å². The van der Waals surface area contributed by atoms with Crippen molar-refractivity contribution in [2.75, 3.05) is 47.2 Å². The number of fused-ring (bicyclic) bond motifs is 5. The summed E-state index contributed by atoms with van der Waals surface area (Å²) in [6.45, 7) is 4.19. The van der Waals surface area contributed by atoms with Gasteiger partial charge in [-0.1, -0.05) is 6.07 Å². The van der Waals surface area contributed by atoms with Gasteiger partial charge in [-0.25, -0.2) is 0 Å². The summed E-state index contributed by atoms with van der Waals surface area (Å²) in [7, 11) is 6.06. The van der Waals surface area contributed by atoms with Gasteiger partial charge >= 0.3 is 0 Å². The fraction of sp³-hybridized carbons (Fsp3) is 0.481. The van der Waals surface area contributed by atoms with Crippen molar-refractivity contribution in [2.45, 2.75) is 30.8 Å². The van der Waals surface area contributed by atoms with Crippen LogP contribution in [0.15, 0.2) is 36.4 Å². The SMILES string of the molecule is COc1ccc2c3c(n(C)c2c1)[C@H](CO)N(Cc1ccc2c(c1)OCO2)CC31CCN(C)CC1. The molecular formula is C27H33N3O4. The van der Waals surface area contributed by atoms with Gasteiger partial charge in [0.1, 0.15) is 5.75 Å².